The third kappa shape index (κ3) is 3.68. The summed E-state index contributed by atoms with van der Waals surface area (Å²) in [6.07, 6.45) is 1.55. The van der Waals surface area contributed by atoms with E-state index in [1.165, 1.54) is 19.2 Å². The van der Waals surface area contributed by atoms with Crippen LogP contribution >= 0.6 is 0 Å². The van der Waals surface area contributed by atoms with E-state index in [9.17, 15) is 9.18 Å². The largest absolute Gasteiger partial charge is 0.491 e. The molecule has 0 aliphatic rings. The van der Waals surface area contributed by atoms with E-state index in [1.54, 1.807) is 30.3 Å². The smallest absolute Gasteiger partial charge is 0.290 e. The summed E-state index contributed by atoms with van der Waals surface area (Å²) in [5.41, 5.74) is 1.37. The average molecular weight is 271 g/mol. The first-order valence-corrected chi connectivity index (χ1v) is 6.06. The number of nitrogens with one attached hydrogen (secondary N) is 1. The molecule has 0 aliphatic heterocycles. The van der Waals surface area contributed by atoms with Crippen LogP contribution in [0.3, 0.4) is 0 Å². The van der Waals surface area contributed by atoms with Gasteiger partial charge in [-0.25, -0.2) is 4.39 Å². The standard InChI is InChI=1S/C16H14FNO2/c1-20-15(11-12-7-9-13(17)10-8-12)16(19)18-14-5-3-2-4-6-14/h2-11H,1H3,(H,18,19)/b15-11-. The van der Waals surface area contributed by atoms with Gasteiger partial charge < -0.3 is 10.1 Å². The van der Waals surface area contributed by atoms with Crippen molar-refractivity contribution in [1.29, 1.82) is 0 Å². The van der Waals surface area contributed by atoms with E-state index in [2.05, 4.69) is 5.32 Å². The van der Waals surface area contributed by atoms with Crippen LogP contribution in [0, 0.1) is 5.82 Å². The molecule has 20 heavy (non-hydrogen) atoms. The van der Waals surface area contributed by atoms with E-state index in [-0.39, 0.29) is 17.5 Å². The summed E-state index contributed by atoms with van der Waals surface area (Å²) in [5, 5.41) is 2.72. The normalized spacial score (nSPS) is 11.0. The van der Waals surface area contributed by atoms with Crippen molar-refractivity contribution < 1.29 is 13.9 Å². The number of hydrogen-bond acceptors (Lipinski definition) is 2. The molecular formula is C16H14FNO2. The number of methoxy groups -OCH3 is 1. The summed E-state index contributed by atoms with van der Waals surface area (Å²) in [7, 11) is 1.42. The van der Waals surface area contributed by atoms with Crippen LogP contribution in [0.5, 0.6) is 0 Å². The van der Waals surface area contributed by atoms with E-state index in [0.717, 1.165) is 0 Å². The minimum atomic E-state index is -0.358. The third-order valence-electron chi connectivity index (χ3n) is 2.64. The van der Waals surface area contributed by atoms with Gasteiger partial charge in [0, 0.05) is 5.69 Å². The topological polar surface area (TPSA) is 38.3 Å². The molecule has 3 nitrogen and oxygen atoms in total. The zero-order chi connectivity index (χ0) is 14.4. The average Bonchev–Trinajstić information content (AvgIpc) is 2.47. The molecule has 0 saturated carbocycles. The van der Waals surface area contributed by atoms with Crippen LogP contribution in [0.15, 0.2) is 60.4 Å². The number of halogens is 1. The summed E-state index contributed by atoms with van der Waals surface area (Å²) in [6, 6.07) is 14.9. The van der Waals surface area contributed by atoms with Crippen molar-refractivity contribution in [3.63, 3.8) is 0 Å². The van der Waals surface area contributed by atoms with E-state index >= 15 is 0 Å². The van der Waals surface area contributed by atoms with Gasteiger partial charge in [-0.1, -0.05) is 30.3 Å². The Morgan fingerprint density at radius 3 is 2.35 bits per heavy atom. The fourth-order valence-corrected chi connectivity index (χ4v) is 1.64. The number of rotatable bonds is 4. The molecule has 0 radical (unpaired) electrons. The Bertz CT molecular complexity index is 606. The molecule has 0 unspecified atom stereocenters. The minimum absolute atomic E-state index is 0.153. The van der Waals surface area contributed by atoms with Crippen molar-refractivity contribution >= 4 is 17.7 Å². The number of ether oxygens (including phenoxy) is 1. The lowest BCUT2D eigenvalue weighted by molar-refractivity contribution is -0.115. The van der Waals surface area contributed by atoms with Crippen molar-refractivity contribution in [3.05, 3.63) is 71.7 Å². The highest BCUT2D eigenvalue weighted by molar-refractivity contribution is 6.05. The minimum Gasteiger partial charge on any atom is -0.491 e. The Morgan fingerprint density at radius 1 is 1.10 bits per heavy atom. The quantitative estimate of drug-likeness (QED) is 0.683. The molecule has 4 heteroatoms. The number of para-hydroxylation sites is 1. The second-order valence-electron chi connectivity index (χ2n) is 4.08. The van der Waals surface area contributed by atoms with E-state index in [4.69, 9.17) is 4.74 Å². The fourth-order valence-electron chi connectivity index (χ4n) is 1.64. The lowest BCUT2D eigenvalue weighted by Crippen LogP contribution is -2.15. The second-order valence-corrected chi connectivity index (χ2v) is 4.08. The van der Waals surface area contributed by atoms with E-state index < -0.39 is 0 Å². The third-order valence-corrected chi connectivity index (χ3v) is 2.64. The molecule has 0 bridgehead atoms. The fraction of sp³-hybridized carbons (Fsp3) is 0.0625. The predicted molar refractivity (Wildman–Crippen MR) is 76.5 cm³/mol. The SMILES string of the molecule is CO/C(=C\c1ccc(F)cc1)C(=O)Nc1ccccc1. The van der Waals surface area contributed by atoms with E-state index in [1.807, 2.05) is 18.2 Å². The molecule has 0 saturated heterocycles. The Hall–Kier alpha value is -2.62. The van der Waals surface area contributed by atoms with Gasteiger partial charge in [-0.3, -0.25) is 4.79 Å². The molecule has 2 aromatic carbocycles. The summed E-state index contributed by atoms with van der Waals surface area (Å²) in [6.45, 7) is 0. The van der Waals surface area contributed by atoms with Crippen molar-refractivity contribution in [2.45, 2.75) is 0 Å². The predicted octanol–water partition coefficient (Wildman–Crippen LogP) is 3.45. The van der Waals surface area contributed by atoms with Crippen LogP contribution in [0.4, 0.5) is 10.1 Å². The Balaban J connectivity index is 2.15. The molecule has 2 aromatic rings. The monoisotopic (exact) mass is 271 g/mol. The summed E-state index contributed by atoms with van der Waals surface area (Å²) in [4.78, 5) is 12.0. The Labute approximate surface area is 116 Å². The van der Waals surface area contributed by atoms with Gasteiger partial charge >= 0.3 is 0 Å². The first-order chi connectivity index (χ1) is 9.69. The van der Waals surface area contributed by atoms with Crippen molar-refractivity contribution in [3.8, 4) is 0 Å². The summed E-state index contributed by atoms with van der Waals surface area (Å²) < 4.78 is 17.9. The highest BCUT2D eigenvalue weighted by Crippen LogP contribution is 2.12. The van der Waals surface area contributed by atoms with Crippen molar-refractivity contribution in [1.82, 2.24) is 0 Å². The van der Waals surface area contributed by atoms with Crippen LogP contribution < -0.4 is 5.32 Å². The van der Waals surface area contributed by atoms with Crippen LogP contribution in [-0.4, -0.2) is 13.0 Å². The highest BCUT2D eigenvalue weighted by atomic mass is 19.1. The van der Waals surface area contributed by atoms with Gasteiger partial charge in [0.1, 0.15) is 5.82 Å². The number of amides is 1. The van der Waals surface area contributed by atoms with Gasteiger partial charge in [-0.15, -0.1) is 0 Å². The number of carbonyl (C=O) groups excluding carboxylic acids is 1. The van der Waals surface area contributed by atoms with Gasteiger partial charge in [0.2, 0.25) is 0 Å². The van der Waals surface area contributed by atoms with Gasteiger partial charge in [0.15, 0.2) is 5.76 Å². The first-order valence-electron chi connectivity index (χ1n) is 6.06. The molecule has 0 spiro atoms. The Morgan fingerprint density at radius 2 is 1.75 bits per heavy atom. The van der Waals surface area contributed by atoms with Crippen molar-refractivity contribution in [2.24, 2.45) is 0 Å². The number of hydrogen-bond donors (Lipinski definition) is 1. The first kappa shape index (κ1) is 13.8. The molecule has 0 aliphatic carbocycles. The lowest BCUT2D eigenvalue weighted by atomic mass is 10.2. The number of benzene rings is 2. The maximum Gasteiger partial charge on any atom is 0.290 e. The highest BCUT2D eigenvalue weighted by Gasteiger charge is 2.10. The van der Waals surface area contributed by atoms with Gasteiger partial charge in [0.05, 0.1) is 7.11 Å². The maximum atomic E-state index is 12.8. The lowest BCUT2D eigenvalue weighted by Gasteiger charge is -2.07. The molecule has 2 rings (SSSR count). The number of anilines is 1. The molecule has 0 atom stereocenters. The zero-order valence-electron chi connectivity index (χ0n) is 11.0. The molecule has 0 fully saturated rings. The zero-order valence-corrected chi connectivity index (χ0v) is 11.0. The molecular weight excluding hydrogens is 257 g/mol. The summed E-state index contributed by atoms with van der Waals surface area (Å²) >= 11 is 0. The molecule has 102 valence electrons. The van der Waals surface area contributed by atoms with Crippen LogP contribution in [0.1, 0.15) is 5.56 Å². The van der Waals surface area contributed by atoms with E-state index in [0.29, 0.717) is 11.3 Å². The van der Waals surface area contributed by atoms with Crippen LogP contribution in [-0.2, 0) is 9.53 Å². The van der Waals surface area contributed by atoms with Crippen molar-refractivity contribution in [2.75, 3.05) is 12.4 Å². The molecule has 1 N–H and O–H groups in total. The van der Waals surface area contributed by atoms with Crippen LogP contribution in [0.2, 0.25) is 0 Å². The molecule has 0 aromatic heterocycles. The van der Waals surface area contributed by atoms with Gasteiger partial charge in [0.25, 0.3) is 5.91 Å². The molecule has 0 heterocycles. The van der Waals surface area contributed by atoms with Gasteiger partial charge in [-0.2, -0.15) is 0 Å². The van der Waals surface area contributed by atoms with Crippen LogP contribution in [0.25, 0.3) is 6.08 Å². The maximum absolute atomic E-state index is 12.8. The van der Waals surface area contributed by atoms with Gasteiger partial charge in [-0.05, 0) is 35.9 Å². The Kier molecular flexibility index (Phi) is 4.50. The molecule has 1 amide bonds. The summed E-state index contributed by atoms with van der Waals surface area (Å²) in [5.74, 6) is -0.529. The number of carbonyl (C=O) groups is 1. The second kappa shape index (κ2) is 6.52.